The van der Waals surface area contributed by atoms with Crippen molar-refractivity contribution in [2.75, 3.05) is 0 Å². The summed E-state index contributed by atoms with van der Waals surface area (Å²) in [5.74, 6) is 0.331. The number of benzene rings is 1. The van der Waals surface area contributed by atoms with Gasteiger partial charge in [0.25, 0.3) is 0 Å². The molecular weight excluding hydrogens is 272 g/mol. The molecule has 1 amide bonds. The molecule has 20 heavy (non-hydrogen) atoms. The fraction of sp³-hybridized carbons (Fsp3) is 0.562. The summed E-state index contributed by atoms with van der Waals surface area (Å²) < 4.78 is 0. The molecule has 1 aromatic carbocycles. The first-order valence-electron chi connectivity index (χ1n) is 7.56. The Morgan fingerprint density at radius 2 is 1.80 bits per heavy atom. The fourth-order valence-corrected chi connectivity index (χ4v) is 3.84. The van der Waals surface area contributed by atoms with Crippen molar-refractivity contribution in [2.24, 2.45) is 0 Å². The minimum absolute atomic E-state index is 0.0327. The van der Waals surface area contributed by atoms with Gasteiger partial charge in [-0.15, -0.1) is 0 Å². The number of amides is 1. The lowest BCUT2D eigenvalue weighted by Gasteiger charge is -2.24. The summed E-state index contributed by atoms with van der Waals surface area (Å²) in [4.78, 5) is 15.0. The third-order valence-electron chi connectivity index (χ3n) is 4.92. The molecule has 1 atom stereocenters. The quantitative estimate of drug-likeness (QED) is 0.907. The van der Waals surface area contributed by atoms with Gasteiger partial charge in [0.1, 0.15) is 6.17 Å². The van der Waals surface area contributed by atoms with Crippen molar-refractivity contribution < 1.29 is 4.79 Å². The number of hydrogen-bond acceptors (Lipinski definition) is 2. The molecule has 3 aliphatic rings. The van der Waals surface area contributed by atoms with Crippen LogP contribution in [0.5, 0.6) is 0 Å². The van der Waals surface area contributed by atoms with Crippen LogP contribution in [0.2, 0.25) is 5.02 Å². The van der Waals surface area contributed by atoms with E-state index in [1.54, 1.807) is 0 Å². The van der Waals surface area contributed by atoms with Gasteiger partial charge < -0.3 is 4.90 Å². The van der Waals surface area contributed by atoms with Gasteiger partial charge in [-0.25, -0.2) is 0 Å². The monoisotopic (exact) mass is 290 g/mol. The largest absolute Gasteiger partial charge is 0.318 e. The predicted molar refractivity (Wildman–Crippen MR) is 78.4 cm³/mol. The third-order valence-corrected chi connectivity index (χ3v) is 5.17. The summed E-state index contributed by atoms with van der Waals surface area (Å²) in [6.07, 6.45) is 6.61. The van der Waals surface area contributed by atoms with Crippen LogP contribution in [0.1, 0.15) is 50.3 Å². The van der Waals surface area contributed by atoms with Crippen LogP contribution in [0.15, 0.2) is 24.3 Å². The highest BCUT2D eigenvalue weighted by molar-refractivity contribution is 6.30. The zero-order valence-corrected chi connectivity index (χ0v) is 12.2. The highest BCUT2D eigenvalue weighted by Gasteiger charge is 2.55. The maximum Gasteiger partial charge on any atom is 0.244 e. The van der Waals surface area contributed by atoms with E-state index in [4.69, 9.17) is 11.6 Å². The smallest absolute Gasteiger partial charge is 0.244 e. The number of hydrogen-bond donors (Lipinski definition) is 1. The molecule has 2 saturated carbocycles. The summed E-state index contributed by atoms with van der Waals surface area (Å²) in [6, 6.07) is 8.34. The molecule has 1 spiro atoms. The summed E-state index contributed by atoms with van der Waals surface area (Å²) in [6.45, 7) is 0. The highest BCUT2D eigenvalue weighted by atomic mass is 35.5. The van der Waals surface area contributed by atoms with Crippen molar-refractivity contribution in [3.05, 3.63) is 34.9 Å². The molecule has 1 aromatic rings. The number of carbonyl (C=O) groups excluding carboxylic acids is 1. The summed E-state index contributed by atoms with van der Waals surface area (Å²) in [7, 11) is 0. The average Bonchev–Trinajstić information content (AvgIpc) is 3.10. The van der Waals surface area contributed by atoms with Gasteiger partial charge in [0, 0.05) is 11.1 Å². The van der Waals surface area contributed by atoms with Crippen LogP contribution in [0, 0.1) is 0 Å². The Morgan fingerprint density at radius 3 is 2.40 bits per heavy atom. The number of nitrogens with zero attached hydrogens (tertiary/aromatic N) is 1. The molecule has 4 heteroatoms. The molecule has 106 valence electrons. The van der Waals surface area contributed by atoms with Crippen molar-refractivity contribution in [2.45, 2.75) is 56.3 Å². The zero-order chi connectivity index (χ0) is 13.7. The number of halogens is 1. The molecule has 0 bridgehead atoms. The van der Waals surface area contributed by atoms with Crippen molar-refractivity contribution in [3.63, 3.8) is 0 Å². The van der Waals surface area contributed by atoms with Crippen LogP contribution in [-0.4, -0.2) is 22.4 Å². The highest BCUT2D eigenvalue weighted by Crippen LogP contribution is 2.45. The first kappa shape index (κ1) is 12.7. The van der Waals surface area contributed by atoms with Crippen LogP contribution < -0.4 is 5.32 Å². The maximum atomic E-state index is 12.9. The zero-order valence-electron chi connectivity index (χ0n) is 11.4. The Bertz CT molecular complexity index is 532. The van der Waals surface area contributed by atoms with E-state index in [0.717, 1.165) is 49.1 Å². The Balaban J connectivity index is 1.70. The van der Waals surface area contributed by atoms with Gasteiger partial charge in [0.15, 0.2) is 0 Å². The van der Waals surface area contributed by atoms with E-state index < -0.39 is 0 Å². The topological polar surface area (TPSA) is 32.3 Å². The van der Waals surface area contributed by atoms with Crippen LogP contribution in [-0.2, 0) is 4.79 Å². The normalized spacial score (nSPS) is 28.6. The van der Waals surface area contributed by atoms with Gasteiger partial charge in [0.2, 0.25) is 5.91 Å². The lowest BCUT2D eigenvalue weighted by molar-refractivity contribution is -0.133. The van der Waals surface area contributed by atoms with Gasteiger partial charge in [-0.2, -0.15) is 0 Å². The van der Waals surface area contributed by atoms with Gasteiger partial charge in [-0.05, 0) is 43.4 Å². The Morgan fingerprint density at radius 1 is 1.15 bits per heavy atom. The molecule has 1 heterocycles. The summed E-state index contributed by atoms with van der Waals surface area (Å²) >= 11 is 5.98. The van der Waals surface area contributed by atoms with E-state index >= 15 is 0 Å². The van der Waals surface area contributed by atoms with Crippen LogP contribution in [0.4, 0.5) is 0 Å². The first-order valence-corrected chi connectivity index (χ1v) is 7.93. The molecule has 0 aromatic heterocycles. The molecule has 2 aliphatic carbocycles. The second-order valence-corrected chi connectivity index (χ2v) is 6.77. The average molecular weight is 291 g/mol. The molecule has 1 saturated heterocycles. The van der Waals surface area contributed by atoms with E-state index in [1.807, 2.05) is 24.3 Å². The molecular formula is C16H19ClN2O. The molecule has 3 fully saturated rings. The standard InChI is InChI=1S/C16H19ClN2O/c17-12-5-3-11(4-6-12)14-18-16(9-1-2-10-16)15(20)19(14)13-7-8-13/h3-6,13-14,18H,1-2,7-10H2. The van der Waals surface area contributed by atoms with Crippen LogP contribution in [0.25, 0.3) is 0 Å². The number of rotatable bonds is 2. The molecule has 1 aliphatic heterocycles. The predicted octanol–water partition coefficient (Wildman–Crippen LogP) is 3.25. The minimum atomic E-state index is -0.285. The molecule has 0 radical (unpaired) electrons. The van der Waals surface area contributed by atoms with E-state index in [1.165, 1.54) is 0 Å². The number of nitrogens with one attached hydrogen (secondary N) is 1. The van der Waals surface area contributed by atoms with Crippen molar-refractivity contribution in [1.82, 2.24) is 10.2 Å². The second kappa shape index (κ2) is 4.47. The van der Waals surface area contributed by atoms with E-state index in [-0.39, 0.29) is 11.7 Å². The van der Waals surface area contributed by atoms with Gasteiger partial charge in [-0.1, -0.05) is 36.6 Å². The minimum Gasteiger partial charge on any atom is -0.318 e. The van der Waals surface area contributed by atoms with Gasteiger partial charge in [-0.3, -0.25) is 10.1 Å². The fourth-order valence-electron chi connectivity index (χ4n) is 3.71. The van der Waals surface area contributed by atoms with E-state index in [0.29, 0.717) is 11.9 Å². The summed E-state index contributed by atoms with van der Waals surface area (Å²) in [5.41, 5.74) is 0.866. The van der Waals surface area contributed by atoms with Crippen molar-refractivity contribution in [3.8, 4) is 0 Å². The number of carbonyl (C=O) groups is 1. The van der Waals surface area contributed by atoms with Crippen LogP contribution >= 0.6 is 11.6 Å². The van der Waals surface area contributed by atoms with E-state index in [9.17, 15) is 4.79 Å². The lowest BCUT2D eigenvalue weighted by Crippen LogP contribution is -2.44. The maximum absolute atomic E-state index is 12.9. The Labute approximate surface area is 124 Å². The Hall–Kier alpha value is -1.06. The molecule has 1 unspecified atom stereocenters. The first-order chi connectivity index (χ1) is 9.70. The Kier molecular flexibility index (Phi) is 2.83. The van der Waals surface area contributed by atoms with Gasteiger partial charge >= 0.3 is 0 Å². The molecule has 4 rings (SSSR count). The van der Waals surface area contributed by atoms with Crippen LogP contribution in [0.3, 0.4) is 0 Å². The van der Waals surface area contributed by atoms with E-state index in [2.05, 4.69) is 10.2 Å². The summed E-state index contributed by atoms with van der Waals surface area (Å²) in [5, 5.41) is 4.40. The molecule has 3 nitrogen and oxygen atoms in total. The second-order valence-electron chi connectivity index (χ2n) is 6.33. The van der Waals surface area contributed by atoms with Crippen molar-refractivity contribution in [1.29, 1.82) is 0 Å². The van der Waals surface area contributed by atoms with Crippen molar-refractivity contribution >= 4 is 17.5 Å². The SMILES string of the molecule is O=C1N(C2CC2)C(c2ccc(Cl)cc2)NC12CCCC2. The third kappa shape index (κ3) is 1.87. The molecule has 1 N–H and O–H groups in total. The van der Waals surface area contributed by atoms with Gasteiger partial charge in [0.05, 0.1) is 5.54 Å². The lowest BCUT2D eigenvalue weighted by atomic mass is 9.98.